The standard InChI is InChI=1S/C20H23FN2O4S/c1-14-12-23(13-15(2)27-14)20(24)11-16-3-7-18(8-4-16)22-28(25,26)19-9-5-17(21)6-10-19/h3-10,14-15,22H,11-13H2,1-2H3. The van der Waals surface area contributed by atoms with Gasteiger partial charge >= 0.3 is 0 Å². The van der Waals surface area contributed by atoms with Gasteiger partial charge in [-0.25, -0.2) is 12.8 Å². The molecule has 8 heteroatoms. The van der Waals surface area contributed by atoms with Crippen molar-refractivity contribution in [1.29, 1.82) is 0 Å². The topological polar surface area (TPSA) is 75.7 Å². The first-order valence-electron chi connectivity index (χ1n) is 9.03. The van der Waals surface area contributed by atoms with E-state index in [2.05, 4.69) is 4.72 Å². The highest BCUT2D eigenvalue weighted by molar-refractivity contribution is 7.92. The first-order valence-corrected chi connectivity index (χ1v) is 10.5. The van der Waals surface area contributed by atoms with Gasteiger partial charge in [0.25, 0.3) is 10.0 Å². The summed E-state index contributed by atoms with van der Waals surface area (Å²) in [5.41, 5.74) is 1.16. The average Bonchev–Trinajstić information content (AvgIpc) is 2.62. The van der Waals surface area contributed by atoms with E-state index in [1.807, 2.05) is 13.8 Å². The molecule has 1 N–H and O–H groups in total. The number of nitrogens with zero attached hydrogens (tertiary/aromatic N) is 1. The molecule has 150 valence electrons. The molecule has 2 aromatic carbocycles. The summed E-state index contributed by atoms with van der Waals surface area (Å²) in [6.07, 6.45) is 0.261. The SMILES string of the molecule is CC1CN(C(=O)Cc2ccc(NS(=O)(=O)c3ccc(F)cc3)cc2)CC(C)O1. The second kappa shape index (κ2) is 8.28. The predicted octanol–water partition coefficient (Wildman–Crippen LogP) is 2.80. The maximum Gasteiger partial charge on any atom is 0.261 e. The molecule has 2 unspecified atom stereocenters. The molecule has 1 fully saturated rings. The molecular formula is C20H23FN2O4S. The van der Waals surface area contributed by atoms with Gasteiger partial charge in [0.1, 0.15) is 5.82 Å². The van der Waals surface area contributed by atoms with Crippen molar-refractivity contribution in [3.05, 3.63) is 59.9 Å². The van der Waals surface area contributed by atoms with Gasteiger partial charge in [0.05, 0.1) is 23.5 Å². The molecule has 2 aromatic rings. The number of ether oxygens (including phenoxy) is 1. The molecule has 0 radical (unpaired) electrons. The number of halogens is 1. The Kier molecular flexibility index (Phi) is 6.00. The van der Waals surface area contributed by atoms with Crippen LogP contribution in [0.4, 0.5) is 10.1 Å². The van der Waals surface area contributed by atoms with E-state index in [1.165, 1.54) is 12.1 Å². The van der Waals surface area contributed by atoms with Crippen LogP contribution in [-0.4, -0.2) is 44.5 Å². The van der Waals surface area contributed by atoms with Crippen molar-refractivity contribution in [2.24, 2.45) is 0 Å². The Morgan fingerprint density at radius 2 is 1.64 bits per heavy atom. The molecule has 1 heterocycles. The van der Waals surface area contributed by atoms with Crippen LogP contribution < -0.4 is 4.72 Å². The Labute approximate surface area is 164 Å². The smallest absolute Gasteiger partial charge is 0.261 e. The number of morpholine rings is 1. The highest BCUT2D eigenvalue weighted by Crippen LogP contribution is 2.18. The zero-order valence-electron chi connectivity index (χ0n) is 15.8. The number of hydrogen-bond donors (Lipinski definition) is 1. The lowest BCUT2D eigenvalue weighted by Gasteiger charge is -2.35. The highest BCUT2D eigenvalue weighted by atomic mass is 32.2. The van der Waals surface area contributed by atoms with Crippen LogP contribution in [0.5, 0.6) is 0 Å². The quantitative estimate of drug-likeness (QED) is 0.829. The fourth-order valence-electron chi connectivity index (χ4n) is 3.19. The number of carbonyl (C=O) groups excluding carboxylic acids is 1. The normalized spacial score (nSPS) is 20.0. The van der Waals surface area contributed by atoms with E-state index in [-0.39, 0.29) is 29.4 Å². The van der Waals surface area contributed by atoms with E-state index in [1.54, 1.807) is 29.2 Å². The Morgan fingerprint density at radius 3 is 2.21 bits per heavy atom. The molecule has 0 spiro atoms. The van der Waals surface area contributed by atoms with Gasteiger partial charge in [-0.15, -0.1) is 0 Å². The van der Waals surface area contributed by atoms with Crippen molar-refractivity contribution >= 4 is 21.6 Å². The van der Waals surface area contributed by atoms with E-state index < -0.39 is 15.8 Å². The Balaban J connectivity index is 1.63. The van der Waals surface area contributed by atoms with Crippen LogP contribution in [0.2, 0.25) is 0 Å². The molecule has 28 heavy (non-hydrogen) atoms. The van der Waals surface area contributed by atoms with Gasteiger partial charge in [0, 0.05) is 18.8 Å². The third kappa shape index (κ3) is 5.08. The molecule has 6 nitrogen and oxygen atoms in total. The molecule has 0 saturated carbocycles. The monoisotopic (exact) mass is 406 g/mol. The van der Waals surface area contributed by atoms with Crippen LogP contribution in [-0.2, 0) is 26.0 Å². The molecule has 2 atom stereocenters. The van der Waals surface area contributed by atoms with E-state index in [0.29, 0.717) is 18.8 Å². The van der Waals surface area contributed by atoms with Gasteiger partial charge in [-0.1, -0.05) is 12.1 Å². The number of anilines is 1. The minimum Gasteiger partial charge on any atom is -0.372 e. The maximum atomic E-state index is 13.0. The Morgan fingerprint density at radius 1 is 1.07 bits per heavy atom. The fourth-order valence-corrected chi connectivity index (χ4v) is 4.25. The van der Waals surface area contributed by atoms with Gasteiger partial charge in [0.15, 0.2) is 0 Å². The number of rotatable bonds is 5. The van der Waals surface area contributed by atoms with E-state index in [9.17, 15) is 17.6 Å². The van der Waals surface area contributed by atoms with Crippen molar-refractivity contribution in [2.75, 3.05) is 17.8 Å². The predicted molar refractivity (Wildman–Crippen MR) is 104 cm³/mol. The number of nitrogens with one attached hydrogen (secondary N) is 1. The molecule has 1 aliphatic rings. The fraction of sp³-hybridized carbons (Fsp3) is 0.350. The van der Waals surface area contributed by atoms with Crippen molar-refractivity contribution in [3.63, 3.8) is 0 Å². The number of hydrogen-bond acceptors (Lipinski definition) is 4. The van der Waals surface area contributed by atoms with Gasteiger partial charge in [-0.2, -0.15) is 0 Å². The second-order valence-corrected chi connectivity index (χ2v) is 8.67. The summed E-state index contributed by atoms with van der Waals surface area (Å²) in [4.78, 5) is 14.3. The Hall–Kier alpha value is -2.45. The molecule has 1 saturated heterocycles. The third-order valence-electron chi connectivity index (χ3n) is 4.46. The van der Waals surface area contributed by atoms with Crippen LogP contribution >= 0.6 is 0 Å². The summed E-state index contributed by atoms with van der Waals surface area (Å²) in [6, 6.07) is 11.2. The zero-order chi connectivity index (χ0) is 20.3. The van der Waals surface area contributed by atoms with Crippen LogP contribution in [0, 0.1) is 5.82 Å². The molecular weight excluding hydrogens is 383 g/mol. The van der Waals surface area contributed by atoms with Crippen molar-refractivity contribution in [2.45, 2.75) is 37.4 Å². The van der Waals surface area contributed by atoms with Gasteiger partial charge < -0.3 is 9.64 Å². The molecule has 0 aromatic heterocycles. The minimum atomic E-state index is -3.80. The summed E-state index contributed by atoms with van der Waals surface area (Å²) in [6.45, 7) is 5.02. The van der Waals surface area contributed by atoms with Crippen molar-refractivity contribution in [1.82, 2.24) is 4.90 Å². The Bertz CT molecular complexity index is 920. The summed E-state index contributed by atoms with van der Waals surface area (Å²) in [5, 5.41) is 0. The van der Waals surface area contributed by atoms with Crippen LogP contribution in [0.25, 0.3) is 0 Å². The molecule has 1 amide bonds. The zero-order valence-corrected chi connectivity index (χ0v) is 16.6. The molecule has 3 rings (SSSR count). The summed E-state index contributed by atoms with van der Waals surface area (Å²) >= 11 is 0. The third-order valence-corrected chi connectivity index (χ3v) is 5.85. The molecule has 0 bridgehead atoms. The van der Waals surface area contributed by atoms with Crippen molar-refractivity contribution in [3.8, 4) is 0 Å². The van der Waals surface area contributed by atoms with E-state index in [0.717, 1.165) is 17.7 Å². The number of carbonyl (C=O) groups is 1. The van der Waals surface area contributed by atoms with Gasteiger partial charge in [-0.05, 0) is 55.8 Å². The number of amides is 1. The molecule has 1 aliphatic heterocycles. The lowest BCUT2D eigenvalue weighted by Crippen LogP contribution is -2.48. The highest BCUT2D eigenvalue weighted by Gasteiger charge is 2.25. The first-order chi connectivity index (χ1) is 13.2. The van der Waals surface area contributed by atoms with E-state index >= 15 is 0 Å². The lowest BCUT2D eigenvalue weighted by atomic mass is 10.1. The van der Waals surface area contributed by atoms with Crippen LogP contribution in [0.15, 0.2) is 53.4 Å². The minimum absolute atomic E-state index is 0.0101. The average molecular weight is 406 g/mol. The van der Waals surface area contributed by atoms with Gasteiger partial charge in [0.2, 0.25) is 5.91 Å². The maximum absolute atomic E-state index is 13.0. The number of benzene rings is 2. The second-order valence-electron chi connectivity index (χ2n) is 6.99. The molecule has 0 aliphatic carbocycles. The summed E-state index contributed by atoms with van der Waals surface area (Å²) in [7, 11) is -3.80. The lowest BCUT2D eigenvalue weighted by molar-refractivity contribution is -0.142. The first kappa shape index (κ1) is 20.3. The van der Waals surface area contributed by atoms with Gasteiger partial charge in [-0.3, -0.25) is 9.52 Å². The number of sulfonamides is 1. The van der Waals surface area contributed by atoms with E-state index in [4.69, 9.17) is 4.74 Å². The van der Waals surface area contributed by atoms with Crippen LogP contribution in [0.3, 0.4) is 0 Å². The largest absolute Gasteiger partial charge is 0.372 e. The summed E-state index contributed by atoms with van der Waals surface area (Å²) < 4.78 is 45.7. The summed E-state index contributed by atoms with van der Waals surface area (Å²) in [5.74, 6) is -0.487. The van der Waals surface area contributed by atoms with Crippen molar-refractivity contribution < 1.29 is 22.3 Å². The van der Waals surface area contributed by atoms with Crippen LogP contribution in [0.1, 0.15) is 19.4 Å².